The zero-order valence-corrected chi connectivity index (χ0v) is 13.7. The Morgan fingerprint density at radius 2 is 1.60 bits per heavy atom. The van der Waals surface area contributed by atoms with E-state index in [1.807, 2.05) is 0 Å². The Balaban J connectivity index is 2.01. The van der Waals surface area contributed by atoms with E-state index in [1.165, 1.54) is 32.0 Å². The van der Waals surface area contributed by atoms with Crippen molar-refractivity contribution in [3.05, 3.63) is 58.6 Å². The van der Waals surface area contributed by atoms with Crippen LogP contribution < -0.4 is 15.4 Å². The van der Waals surface area contributed by atoms with Crippen LogP contribution in [0.5, 0.6) is 5.75 Å². The van der Waals surface area contributed by atoms with Gasteiger partial charge in [-0.05, 0) is 37.3 Å². The normalized spacial score (nSPS) is 11.3. The molecule has 2 aromatic carbocycles. The molecule has 2 aromatic rings. The molecule has 130 valence electrons. The molecule has 0 saturated carbocycles. The van der Waals surface area contributed by atoms with Gasteiger partial charge in [0, 0.05) is 24.4 Å². The molecule has 8 nitrogen and oxygen atoms in total. The van der Waals surface area contributed by atoms with Crippen molar-refractivity contribution < 1.29 is 19.2 Å². The Morgan fingerprint density at radius 1 is 1.04 bits per heavy atom. The number of nitro groups is 1. The first-order valence-corrected chi connectivity index (χ1v) is 7.45. The van der Waals surface area contributed by atoms with Crippen molar-refractivity contribution in [1.29, 1.82) is 0 Å². The van der Waals surface area contributed by atoms with Crippen LogP contribution in [0.1, 0.15) is 13.8 Å². The summed E-state index contributed by atoms with van der Waals surface area (Å²) in [7, 11) is 0. The molecule has 0 aliphatic carbocycles. The molecule has 0 radical (unpaired) electrons. The summed E-state index contributed by atoms with van der Waals surface area (Å²) in [6.07, 6.45) is -0.934. The molecule has 2 rings (SSSR count). The quantitative estimate of drug-likeness (QED) is 0.619. The zero-order chi connectivity index (χ0) is 18.4. The van der Waals surface area contributed by atoms with E-state index < -0.39 is 16.9 Å². The summed E-state index contributed by atoms with van der Waals surface area (Å²) in [5.41, 5.74) is 0.911. The highest BCUT2D eigenvalue weighted by Crippen LogP contribution is 2.27. The number of carbonyl (C=O) groups is 2. The van der Waals surface area contributed by atoms with Crippen LogP contribution in [0.15, 0.2) is 48.5 Å². The highest BCUT2D eigenvalue weighted by Gasteiger charge is 2.20. The lowest BCUT2D eigenvalue weighted by Crippen LogP contribution is -2.30. The summed E-state index contributed by atoms with van der Waals surface area (Å²) < 4.78 is 5.41. The van der Waals surface area contributed by atoms with Crippen LogP contribution in [0, 0.1) is 10.1 Å². The summed E-state index contributed by atoms with van der Waals surface area (Å²) in [5.74, 6) is -0.621. The van der Waals surface area contributed by atoms with E-state index in [-0.39, 0.29) is 17.3 Å². The molecule has 0 aliphatic heterocycles. The summed E-state index contributed by atoms with van der Waals surface area (Å²) in [5, 5.41) is 16.2. The van der Waals surface area contributed by atoms with Gasteiger partial charge >= 0.3 is 5.69 Å². The number of nitrogens with one attached hydrogen (secondary N) is 2. The molecule has 8 heteroatoms. The average molecular weight is 343 g/mol. The van der Waals surface area contributed by atoms with E-state index in [4.69, 9.17) is 4.74 Å². The van der Waals surface area contributed by atoms with Gasteiger partial charge in [0.1, 0.15) is 0 Å². The summed E-state index contributed by atoms with van der Waals surface area (Å²) in [6, 6.07) is 12.4. The minimum Gasteiger partial charge on any atom is -0.474 e. The molecule has 2 amide bonds. The molecule has 1 unspecified atom stereocenters. The lowest BCUT2D eigenvalue weighted by molar-refractivity contribution is -0.386. The van der Waals surface area contributed by atoms with Gasteiger partial charge in [-0.15, -0.1) is 0 Å². The van der Waals surface area contributed by atoms with Crippen molar-refractivity contribution in [2.24, 2.45) is 0 Å². The van der Waals surface area contributed by atoms with Crippen molar-refractivity contribution in [2.75, 3.05) is 10.6 Å². The topological polar surface area (TPSA) is 111 Å². The van der Waals surface area contributed by atoms with Gasteiger partial charge in [-0.3, -0.25) is 19.7 Å². The summed E-state index contributed by atoms with van der Waals surface area (Å²) in [6.45, 7) is 2.90. The number of nitrogens with zero attached hydrogens (tertiary/aromatic N) is 1. The van der Waals surface area contributed by atoms with Gasteiger partial charge in [0.25, 0.3) is 5.91 Å². The maximum Gasteiger partial charge on any atom is 0.310 e. The predicted molar refractivity (Wildman–Crippen MR) is 92.6 cm³/mol. The van der Waals surface area contributed by atoms with Crippen molar-refractivity contribution >= 4 is 28.9 Å². The molecule has 0 heterocycles. The Kier molecular flexibility index (Phi) is 5.67. The van der Waals surface area contributed by atoms with Crippen molar-refractivity contribution in [2.45, 2.75) is 20.0 Å². The number of nitro benzene ring substituents is 1. The third-order valence-electron chi connectivity index (χ3n) is 3.21. The summed E-state index contributed by atoms with van der Waals surface area (Å²) in [4.78, 5) is 33.6. The molecule has 0 bridgehead atoms. The fourth-order valence-electron chi connectivity index (χ4n) is 2.04. The predicted octanol–water partition coefficient (Wildman–Crippen LogP) is 2.96. The Labute approximate surface area is 144 Å². The number of carbonyl (C=O) groups excluding carboxylic acids is 2. The maximum absolute atomic E-state index is 12.2. The van der Waals surface area contributed by atoms with Crippen LogP contribution >= 0.6 is 0 Å². The maximum atomic E-state index is 12.2. The lowest BCUT2D eigenvalue weighted by atomic mass is 10.2. The number of rotatable bonds is 6. The van der Waals surface area contributed by atoms with Crippen LogP contribution in [0.2, 0.25) is 0 Å². The average Bonchev–Trinajstić information content (AvgIpc) is 2.56. The lowest BCUT2D eigenvalue weighted by Gasteiger charge is -2.15. The van der Waals surface area contributed by atoms with Crippen LogP contribution in [-0.4, -0.2) is 22.8 Å². The van der Waals surface area contributed by atoms with E-state index in [2.05, 4.69) is 10.6 Å². The number of hydrogen-bond donors (Lipinski definition) is 2. The minimum atomic E-state index is -0.934. The van der Waals surface area contributed by atoms with Gasteiger partial charge in [0.2, 0.25) is 5.91 Å². The molecular formula is C17H17N3O5. The van der Waals surface area contributed by atoms with Gasteiger partial charge < -0.3 is 15.4 Å². The Morgan fingerprint density at radius 3 is 2.16 bits per heavy atom. The first-order chi connectivity index (χ1) is 11.9. The van der Waals surface area contributed by atoms with Crippen molar-refractivity contribution in [3.8, 4) is 5.75 Å². The summed E-state index contributed by atoms with van der Waals surface area (Å²) >= 11 is 0. The third-order valence-corrected chi connectivity index (χ3v) is 3.21. The second-order valence-corrected chi connectivity index (χ2v) is 5.23. The minimum absolute atomic E-state index is 0.0242. The number of anilines is 2. The molecule has 0 fully saturated rings. The van der Waals surface area contributed by atoms with Crippen LogP contribution in [-0.2, 0) is 9.59 Å². The van der Waals surface area contributed by atoms with E-state index in [0.29, 0.717) is 11.4 Å². The monoisotopic (exact) mass is 343 g/mol. The van der Waals surface area contributed by atoms with Crippen LogP contribution in [0.3, 0.4) is 0 Å². The molecule has 2 N–H and O–H groups in total. The zero-order valence-electron chi connectivity index (χ0n) is 13.7. The number of benzene rings is 2. The number of para-hydroxylation sites is 2. The molecule has 0 saturated heterocycles. The second kappa shape index (κ2) is 7.91. The molecule has 1 atom stereocenters. The molecule has 0 aliphatic rings. The molecule has 25 heavy (non-hydrogen) atoms. The van der Waals surface area contributed by atoms with Gasteiger partial charge in [0.15, 0.2) is 11.9 Å². The van der Waals surface area contributed by atoms with Crippen molar-refractivity contribution in [1.82, 2.24) is 0 Å². The van der Waals surface area contributed by atoms with E-state index in [0.717, 1.165) is 0 Å². The first kappa shape index (κ1) is 17.9. The van der Waals surface area contributed by atoms with Crippen molar-refractivity contribution in [3.63, 3.8) is 0 Å². The van der Waals surface area contributed by atoms with E-state index in [1.54, 1.807) is 30.3 Å². The number of ether oxygens (including phenoxy) is 1. The smallest absolute Gasteiger partial charge is 0.310 e. The van der Waals surface area contributed by atoms with Gasteiger partial charge in [-0.1, -0.05) is 12.1 Å². The molecular weight excluding hydrogens is 326 g/mol. The molecule has 0 spiro atoms. The van der Waals surface area contributed by atoms with Crippen LogP contribution in [0.25, 0.3) is 0 Å². The number of amides is 2. The Bertz CT molecular complexity index is 789. The Hall–Kier alpha value is -3.42. The fourth-order valence-corrected chi connectivity index (χ4v) is 2.04. The molecule has 0 aromatic heterocycles. The SMILES string of the molecule is CC(=O)Nc1ccc(NC(=O)C(C)Oc2ccccc2[N+](=O)[O-])cc1. The highest BCUT2D eigenvalue weighted by atomic mass is 16.6. The first-order valence-electron chi connectivity index (χ1n) is 7.45. The van der Waals surface area contributed by atoms with E-state index >= 15 is 0 Å². The van der Waals surface area contributed by atoms with Gasteiger partial charge in [-0.2, -0.15) is 0 Å². The second-order valence-electron chi connectivity index (χ2n) is 5.23. The van der Waals surface area contributed by atoms with Gasteiger partial charge in [0.05, 0.1) is 4.92 Å². The number of hydrogen-bond acceptors (Lipinski definition) is 5. The highest BCUT2D eigenvalue weighted by molar-refractivity contribution is 5.94. The van der Waals surface area contributed by atoms with Crippen LogP contribution in [0.4, 0.5) is 17.1 Å². The fraction of sp³-hybridized carbons (Fsp3) is 0.176. The third kappa shape index (κ3) is 5.03. The standard InChI is InChI=1S/C17H17N3O5/c1-11(25-16-6-4-3-5-15(16)20(23)24)17(22)19-14-9-7-13(8-10-14)18-12(2)21/h3-11H,1-2H3,(H,18,21)(H,19,22). The van der Waals surface area contributed by atoms with E-state index in [9.17, 15) is 19.7 Å². The largest absolute Gasteiger partial charge is 0.474 e. The van der Waals surface area contributed by atoms with Gasteiger partial charge in [-0.25, -0.2) is 0 Å².